The third-order valence-electron chi connectivity index (χ3n) is 3.39. The van der Waals surface area contributed by atoms with Crippen LogP contribution in [0.1, 0.15) is 30.9 Å². The Labute approximate surface area is 108 Å². The van der Waals surface area contributed by atoms with E-state index in [2.05, 4.69) is 19.1 Å². The van der Waals surface area contributed by atoms with Crippen LogP contribution in [0.25, 0.3) is 0 Å². The van der Waals surface area contributed by atoms with Gasteiger partial charge in [0.15, 0.2) is 5.78 Å². The molecule has 1 aliphatic heterocycles. The van der Waals surface area contributed by atoms with Gasteiger partial charge in [0.1, 0.15) is 0 Å². The van der Waals surface area contributed by atoms with Crippen molar-refractivity contribution >= 4 is 11.7 Å². The molecule has 1 fully saturated rings. The highest BCUT2D eigenvalue weighted by atomic mass is 16.2. The van der Waals surface area contributed by atoms with E-state index in [4.69, 9.17) is 0 Å². The maximum atomic E-state index is 12.0. The minimum atomic E-state index is 0.0623. The van der Waals surface area contributed by atoms with Gasteiger partial charge in [0.2, 0.25) is 5.91 Å². The second-order valence-corrected chi connectivity index (χ2v) is 4.80. The Morgan fingerprint density at radius 1 is 1.22 bits per heavy atom. The number of nitrogens with zero attached hydrogens (tertiary/aromatic N) is 1. The van der Waals surface area contributed by atoms with E-state index in [-0.39, 0.29) is 11.7 Å². The summed E-state index contributed by atoms with van der Waals surface area (Å²) in [5.74, 6) is 0.239. The fraction of sp³-hybridized carbons (Fsp3) is 0.467. The van der Waals surface area contributed by atoms with Crippen molar-refractivity contribution in [2.24, 2.45) is 0 Å². The molecule has 0 saturated carbocycles. The number of hydrogen-bond donors (Lipinski definition) is 0. The smallest absolute Gasteiger partial charge is 0.227 e. The lowest BCUT2D eigenvalue weighted by Crippen LogP contribution is -2.40. The number of likely N-dealkylation sites (tertiary alicyclic amines) is 1. The van der Waals surface area contributed by atoms with Crippen LogP contribution < -0.4 is 0 Å². The molecule has 0 aliphatic carbocycles. The van der Waals surface area contributed by atoms with Crippen molar-refractivity contribution in [2.45, 2.75) is 32.6 Å². The van der Waals surface area contributed by atoms with Crippen LogP contribution in [-0.4, -0.2) is 29.7 Å². The Morgan fingerprint density at radius 3 is 2.50 bits per heavy atom. The molecule has 1 amide bonds. The number of benzene rings is 1. The standard InChI is InChI=1S/C15H19NO2/c1-2-12-5-7-13(8-6-12)10-15(18)16-9-3-4-14(17)11-16/h5-8H,2-4,9-11H2,1H3. The molecule has 1 saturated heterocycles. The normalized spacial score (nSPS) is 15.8. The molecular formula is C15H19NO2. The van der Waals surface area contributed by atoms with Gasteiger partial charge in [-0.2, -0.15) is 0 Å². The molecule has 0 aromatic heterocycles. The summed E-state index contributed by atoms with van der Waals surface area (Å²) in [5.41, 5.74) is 2.30. The predicted octanol–water partition coefficient (Wildman–Crippen LogP) is 1.98. The molecule has 3 nitrogen and oxygen atoms in total. The first kappa shape index (κ1) is 12.8. The summed E-state index contributed by atoms with van der Waals surface area (Å²) in [5, 5.41) is 0. The lowest BCUT2D eigenvalue weighted by Gasteiger charge is -2.25. The fourth-order valence-electron chi connectivity index (χ4n) is 2.23. The van der Waals surface area contributed by atoms with E-state index in [9.17, 15) is 9.59 Å². The fourth-order valence-corrected chi connectivity index (χ4v) is 2.23. The Balaban J connectivity index is 1.95. The molecule has 1 heterocycles. The number of aryl methyl sites for hydroxylation is 1. The number of carbonyl (C=O) groups excluding carboxylic acids is 2. The van der Waals surface area contributed by atoms with Gasteiger partial charge in [-0.1, -0.05) is 31.2 Å². The summed E-state index contributed by atoms with van der Waals surface area (Å²) < 4.78 is 0. The molecule has 0 atom stereocenters. The van der Waals surface area contributed by atoms with Crippen LogP contribution in [0, 0.1) is 0 Å². The Bertz CT molecular complexity index is 436. The Kier molecular flexibility index (Phi) is 4.13. The number of hydrogen-bond acceptors (Lipinski definition) is 2. The van der Waals surface area contributed by atoms with Gasteiger partial charge in [0, 0.05) is 13.0 Å². The Hall–Kier alpha value is -1.64. The van der Waals surface area contributed by atoms with Crippen LogP contribution in [-0.2, 0) is 22.4 Å². The minimum Gasteiger partial charge on any atom is -0.335 e. The van der Waals surface area contributed by atoms with E-state index in [1.807, 2.05) is 12.1 Å². The zero-order chi connectivity index (χ0) is 13.0. The molecule has 0 unspecified atom stereocenters. The van der Waals surface area contributed by atoms with Crippen molar-refractivity contribution in [1.29, 1.82) is 0 Å². The topological polar surface area (TPSA) is 37.4 Å². The molecule has 0 spiro atoms. The monoisotopic (exact) mass is 245 g/mol. The van der Waals surface area contributed by atoms with E-state index >= 15 is 0 Å². The molecule has 0 radical (unpaired) electrons. The maximum Gasteiger partial charge on any atom is 0.227 e. The molecule has 3 heteroatoms. The van der Waals surface area contributed by atoms with E-state index in [0.717, 1.165) is 24.9 Å². The van der Waals surface area contributed by atoms with Crippen molar-refractivity contribution in [3.8, 4) is 0 Å². The zero-order valence-corrected chi connectivity index (χ0v) is 10.8. The van der Waals surface area contributed by atoms with E-state index in [1.54, 1.807) is 4.90 Å². The highest BCUT2D eigenvalue weighted by Gasteiger charge is 2.21. The largest absolute Gasteiger partial charge is 0.335 e. The number of amides is 1. The third kappa shape index (κ3) is 3.19. The van der Waals surface area contributed by atoms with E-state index in [0.29, 0.717) is 19.4 Å². The summed E-state index contributed by atoms with van der Waals surface area (Å²) in [6, 6.07) is 8.12. The molecule has 18 heavy (non-hydrogen) atoms. The summed E-state index contributed by atoms with van der Waals surface area (Å²) in [4.78, 5) is 25.0. The number of carbonyl (C=O) groups is 2. The van der Waals surface area contributed by atoms with Crippen LogP contribution in [0.5, 0.6) is 0 Å². The van der Waals surface area contributed by atoms with Crippen LogP contribution in [0.15, 0.2) is 24.3 Å². The van der Waals surface area contributed by atoms with Crippen LogP contribution in [0.2, 0.25) is 0 Å². The number of ketones is 1. The first-order valence-electron chi connectivity index (χ1n) is 6.56. The highest BCUT2D eigenvalue weighted by molar-refractivity contribution is 5.88. The average molecular weight is 245 g/mol. The molecule has 1 aromatic carbocycles. The van der Waals surface area contributed by atoms with Crippen molar-refractivity contribution in [1.82, 2.24) is 4.90 Å². The van der Waals surface area contributed by atoms with Gasteiger partial charge < -0.3 is 4.90 Å². The van der Waals surface area contributed by atoms with Gasteiger partial charge in [-0.25, -0.2) is 0 Å². The van der Waals surface area contributed by atoms with Crippen molar-refractivity contribution < 1.29 is 9.59 Å². The zero-order valence-electron chi connectivity index (χ0n) is 10.8. The van der Waals surface area contributed by atoms with Crippen molar-refractivity contribution in [3.05, 3.63) is 35.4 Å². The third-order valence-corrected chi connectivity index (χ3v) is 3.39. The number of rotatable bonds is 3. The minimum absolute atomic E-state index is 0.0623. The lowest BCUT2D eigenvalue weighted by atomic mass is 10.1. The van der Waals surface area contributed by atoms with E-state index in [1.165, 1.54) is 5.56 Å². The van der Waals surface area contributed by atoms with Crippen molar-refractivity contribution in [3.63, 3.8) is 0 Å². The molecule has 0 N–H and O–H groups in total. The maximum absolute atomic E-state index is 12.0. The van der Waals surface area contributed by atoms with Gasteiger partial charge in [0.05, 0.1) is 13.0 Å². The van der Waals surface area contributed by atoms with Gasteiger partial charge in [-0.05, 0) is 24.0 Å². The number of Topliss-reactive ketones (excluding diaryl/α,β-unsaturated/α-hetero) is 1. The summed E-state index contributed by atoms with van der Waals surface area (Å²) in [6.45, 7) is 3.13. The lowest BCUT2D eigenvalue weighted by molar-refractivity contribution is -0.137. The van der Waals surface area contributed by atoms with Crippen LogP contribution in [0.4, 0.5) is 0 Å². The van der Waals surface area contributed by atoms with Gasteiger partial charge >= 0.3 is 0 Å². The van der Waals surface area contributed by atoms with Crippen molar-refractivity contribution in [2.75, 3.05) is 13.1 Å². The van der Waals surface area contributed by atoms with Gasteiger partial charge in [-0.15, -0.1) is 0 Å². The molecule has 96 valence electrons. The first-order chi connectivity index (χ1) is 8.69. The number of piperidine rings is 1. The second-order valence-electron chi connectivity index (χ2n) is 4.80. The predicted molar refractivity (Wildman–Crippen MR) is 70.3 cm³/mol. The molecule has 1 aliphatic rings. The SMILES string of the molecule is CCc1ccc(CC(=O)N2CCCC(=O)C2)cc1. The molecular weight excluding hydrogens is 226 g/mol. The average Bonchev–Trinajstić information content (AvgIpc) is 2.39. The first-order valence-corrected chi connectivity index (χ1v) is 6.56. The highest BCUT2D eigenvalue weighted by Crippen LogP contribution is 2.10. The summed E-state index contributed by atoms with van der Waals surface area (Å²) in [6.07, 6.45) is 2.83. The van der Waals surface area contributed by atoms with E-state index < -0.39 is 0 Å². The van der Waals surface area contributed by atoms with Crippen LogP contribution >= 0.6 is 0 Å². The molecule has 0 bridgehead atoms. The molecule has 2 rings (SSSR count). The quantitative estimate of drug-likeness (QED) is 0.816. The second kappa shape index (κ2) is 5.80. The van der Waals surface area contributed by atoms with Gasteiger partial charge in [0.25, 0.3) is 0 Å². The van der Waals surface area contributed by atoms with Gasteiger partial charge in [-0.3, -0.25) is 9.59 Å². The Morgan fingerprint density at radius 2 is 1.89 bits per heavy atom. The summed E-state index contributed by atoms with van der Waals surface area (Å²) in [7, 11) is 0. The van der Waals surface area contributed by atoms with Crippen LogP contribution in [0.3, 0.4) is 0 Å². The summed E-state index contributed by atoms with van der Waals surface area (Å²) >= 11 is 0. The molecule has 1 aromatic rings.